The molecule has 1 aliphatic carbocycles. The molecule has 7 heteroatoms. The van der Waals surface area contributed by atoms with E-state index in [1.54, 1.807) is 0 Å². The van der Waals surface area contributed by atoms with Gasteiger partial charge in [0.25, 0.3) is 10.0 Å². The molecule has 0 atom stereocenters. The van der Waals surface area contributed by atoms with Crippen LogP contribution in [0.25, 0.3) is 0 Å². The molecule has 2 rings (SSSR count). The molecule has 0 unspecified atom stereocenters. The molecule has 1 heterocycles. The fourth-order valence-electron chi connectivity index (χ4n) is 2.52. The third kappa shape index (κ3) is 3.83. The van der Waals surface area contributed by atoms with E-state index in [9.17, 15) is 13.2 Å². The molecular formula is C13H19NO5S. The molecule has 20 heavy (non-hydrogen) atoms. The van der Waals surface area contributed by atoms with E-state index in [1.165, 1.54) is 19.3 Å². The Bertz CT molecular complexity index is 557. The van der Waals surface area contributed by atoms with Gasteiger partial charge < -0.3 is 9.52 Å². The molecule has 0 aliphatic heterocycles. The lowest BCUT2D eigenvalue weighted by molar-refractivity contribution is 0.0656. The van der Waals surface area contributed by atoms with Gasteiger partial charge in [-0.2, -0.15) is 0 Å². The third-order valence-corrected chi connectivity index (χ3v) is 4.96. The van der Waals surface area contributed by atoms with Crippen molar-refractivity contribution in [2.24, 2.45) is 5.92 Å². The first-order chi connectivity index (χ1) is 9.49. The minimum atomic E-state index is -3.75. The molecule has 2 N–H and O–H groups in total. The molecule has 0 radical (unpaired) electrons. The Morgan fingerprint density at radius 3 is 2.60 bits per heavy atom. The average Bonchev–Trinajstić information content (AvgIpc) is 2.90. The Labute approximate surface area is 118 Å². The van der Waals surface area contributed by atoms with Gasteiger partial charge in [0.1, 0.15) is 0 Å². The maximum absolute atomic E-state index is 11.9. The molecule has 1 saturated carbocycles. The summed E-state index contributed by atoms with van der Waals surface area (Å²) < 4.78 is 31.1. The van der Waals surface area contributed by atoms with Crippen molar-refractivity contribution in [1.82, 2.24) is 4.72 Å². The summed E-state index contributed by atoms with van der Waals surface area (Å²) in [5.74, 6) is -1.08. The van der Waals surface area contributed by atoms with Crippen molar-refractivity contribution in [2.75, 3.05) is 6.54 Å². The van der Waals surface area contributed by atoms with Crippen LogP contribution >= 0.6 is 0 Å². The third-order valence-electron chi connectivity index (χ3n) is 3.63. The number of aromatic carboxylic acids is 1. The van der Waals surface area contributed by atoms with Gasteiger partial charge in [-0.05, 0) is 24.5 Å². The molecule has 0 aromatic carbocycles. The molecule has 1 aliphatic rings. The lowest BCUT2D eigenvalue weighted by atomic mass is 9.87. The Kier molecular flexibility index (Phi) is 4.82. The van der Waals surface area contributed by atoms with Crippen molar-refractivity contribution in [1.29, 1.82) is 0 Å². The van der Waals surface area contributed by atoms with Crippen LogP contribution < -0.4 is 4.72 Å². The first kappa shape index (κ1) is 15.1. The summed E-state index contributed by atoms with van der Waals surface area (Å²) in [6, 6.07) is 2.30. The summed E-state index contributed by atoms with van der Waals surface area (Å²) in [5.41, 5.74) is 0. The van der Waals surface area contributed by atoms with Gasteiger partial charge >= 0.3 is 5.97 Å². The highest BCUT2D eigenvalue weighted by molar-refractivity contribution is 7.89. The van der Waals surface area contributed by atoms with Crippen LogP contribution in [0.15, 0.2) is 21.6 Å². The molecule has 1 aromatic rings. The molecule has 1 fully saturated rings. The van der Waals surface area contributed by atoms with Crippen LogP contribution in [0.2, 0.25) is 0 Å². The lowest BCUT2D eigenvalue weighted by Gasteiger charge is -2.21. The van der Waals surface area contributed by atoms with Crippen molar-refractivity contribution in [3.63, 3.8) is 0 Å². The van der Waals surface area contributed by atoms with Crippen molar-refractivity contribution in [3.8, 4) is 0 Å². The van der Waals surface area contributed by atoms with E-state index in [-0.39, 0.29) is 10.9 Å². The summed E-state index contributed by atoms with van der Waals surface area (Å²) in [6.45, 7) is 0.357. The Balaban J connectivity index is 1.88. The zero-order valence-corrected chi connectivity index (χ0v) is 12.0. The van der Waals surface area contributed by atoms with E-state index in [1.807, 2.05) is 0 Å². The molecular weight excluding hydrogens is 282 g/mol. The van der Waals surface area contributed by atoms with Crippen LogP contribution in [0.3, 0.4) is 0 Å². The summed E-state index contributed by atoms with van der Waals surface area (Å²) in [5, 5.41) is 8.35. The zero-order valence-electron chi connectivity index (χ0n) is 11.2. The first-order valence-corrected chi connectivity index (χ1v) is 8.30. The molecule has 6 nitrogen and oxygen atoms in total. The van der Waals surface area contributed by atoms with E-state index in [4.69, 9.17) is 9.52 Å². The van der Waals surface area contributed by atoms with Crippen LogP contribution in [0, 0.1) is 5.92 Å². The largest absolute Gasteiger partial charge is 0.475 e. The minimum absolute atomic E-state index is 0.349. The number of furan rings is 1. The topological polar surface area (TPSA) is 96.6 Å². The van der Waals surface area contributed by atoms with Crippen molar-refractivity contribution in [3.05, 3.63) is 17.9 Å². The van der Waals surface area contributed by atoms with Crippen LogP contribution in [0.4, 0.5) is 0 Å². The van der Waals surface area contributed by atoms with Crippen LogP contribution in [-0.4, -0.2) is 26.0 Å². The number of nitrogens with one attached hydrogen (secondary N) is 1. The van der Waals surface area contributed by atoms with Gasteiger partial charge in [-0.1, -0.05) is 32.1 Å². The van der Waals surface area contributed by atoms with Crippen LogP contribution in [-0.2, 0) is 10.0 Å². The number of rotatable bonds is 6. The van der Waals surface area contributed by atoms with Crippen LogP contribution in [0.1, 0.15) is 49.1 Å². The molecule has 0 bridgehead atoms. The summed E-state index contributed by atoms with van der Waals surface area (Å²) in [7, 11) is -3.75. The van der Waals surface area contributed by atoms with Gasteiger partial charge in [-0.25, -0.2) is 17.9 Å². The average molecular weight is 301 g/mol. The van der Waals surface area contributed by atoms with Crippen molar-refractivity contribution in [2.45, 2.75) is 43.6 Å². The van der Waals surface area contributed by atoms with Gasteiger partial charge in [0.15, 0.2) is 0 Å². The van der Waals surface area contributed by atoms with E-state index in [2.05, 4.69) is 4.72 Å². The van der Waals surface area contributed by atoms with Crippen LogP contribution in [0.5, 0.6) is 0 Å². The first-order valence-electron chi connectivity index (χ1n) is 6.82. The van der Waals surface area contributed by atoms with E-state index in [0.29, 0.717) is 12.5 Å². The fourth-order valence-corrected chi connectivity index (χ4v) is 3.50. The van der Waals surface area contributed by atoms with Gasteiger partial charge in [0, 0.05) is 6.54 Å². The SMILES string of the molecule is O=C(O)c1ccc(S(=O)(=O)NCCC2CCCCC2)o1. The summed E-state index contributed by atoms with van der Waals surface area (Å²) >= 11 is 0. The van der Waals surface area contributed by atoms with Gasteiger partial charge in [-0.3, -0.25) is 0 Å². The lowest BCUT2D eigenvalue weighted by Crippen LogP contribution is -2.26. The van der Waals surface area contributed by atoms with Gasteiger partial charge in [0.05, 0.1) is 0 Å². The Morgan fingerprint density at radius 2 is 2.00 bits per heavy atom. The van der Waals surface area contributed by atoms with Crippen molar-refractivity contribution >= 4 is 16.0 Å². The number of carboxylic acids is 1. The highest BCUT2D eigenvalue weighted by Crippen LogP contribution is 2.26. The predicted octanol–water partition coefficient (Wildman–Crippen LogP) is 2.23. The van der Waals surface area contributed by atoms with E-state index >= 15 is 0 Å². The van der Waals surface area contributed by atoms with Gasteiger partial charge in [0.2, 0.25) is 10.9 Å². The number of carbonyl (C=O) groups is 1. The fraction of sp³-hybridized carbons (Fsp3) is 0.615. The molecule has 112 valence electrons. The molecule has 0 saturated heterocycles. The summed E-state index contributed by atoms with van der Waals surface area (Å²) in [4.78, 5) is 10.7. The zero-order chi connectivity index (χ0) is 14.6. The van der Waals surface area contributed by atoms with E-state index in [0.717, 1.165) is 31.4 Å². The summed E-state index contributed by atoms with van der Waals surface area (Å²) in [6.07, 6.45) is 6.84. The minimum Gasteiger partial charge on any atom is -0.475 e. The monoisotopic (exact) mass is 301 g/mol. The molecule has 1 aromatic heterocycles. The van der Waals surface area contributed by atoms with Gasteiger partial charge in [-0.15, -0.1) is 0 Å². The van der Waals surface area contributed by atoms with E-state index < -0.39 is 16.0 Å². The molecule has 0 spiro atoms. The maximum Gasteiger partial charge on any atom is 0.371 e. The van der Waals surface area contributed by atoms with Crippen molar-refractivity contribution < 1.29 is 22.7 Å². The second kappa shape index (κ2) is 6.41. The number of sulfonamides is 1. The number of hydrogen-bond acceptors (Lipinski definition) is 4. The quantitative estimate of drug-likeness (QED) is 0.839. The second-order valence-corrected chi connectivity index (χ2v) is 6.81. The Hall–Kier alpha value is -1.34. The highest BCUT2D eigenvalue weighted by Gasteiger charge is 2.21. The number of carboxylic acid groups (broad SMARTS) is 1. The molecule has 0 amide bonds. The normalized spacial score (nSPS) is 17.2. The standard InChI is InChI=1S/C13H19NO5S/c15-13(16)11-6-7-12(19-11)20(17,18)14-9-8-10-4-2-1-3-5-10/h6-7,10,14H,1-5,8-9H2,(H,15,16). The smallest absolute Gasteiger partial charge is 0.371 e. The predicted molar refractivity (Wildman–Crippen MR) is 72.0 cm³/mol. The maximum atomic E-state index is 11.9. The number of hydrogen-bond donors (Lipinski definition) is 2. The highest BCUT2D eigenvalue weighted by atomic mass is 32.2. The second-order valence-electron chi connectivity index (χ2n) is 5.11. The Morgan fingerprint density at radius 1 is 1.30 bits per heavy atom.